The summed E-state index contributed by atoms with van der Waals surface area (Å²) in [7, 11) is 0. The van der Waals surface area contributed by atoms with Gasteiger partial charge in [-0.15, -0.1) is 0 Å². The van der Waals surface area contributed by atoms with Crippen molar-refractivity contribution >= 4 is 11.9 Å². The van der Waals surface area contributed by atoms with Crippen LogP contribution < -0.4 is 0 Å². The van der Waals surface area contributed by atoms with Crippen molar-refractivity contribution < 1.29 is 19.1 Å². The lowest BCUT2D eigenvalue weighted by Gasteiger charge is -2.28. The topological polar surface area (TPSA) is 52.6 Å². The number of carbonyl (C=O) groups excluding carboxylic acids is 2. The van der Waals surface area contributed by atoms with Gasteiger partial charge in [-0.25, -0.2) is 0 Å². The lowest BCUT2D eigenvalue weighted by Crippen LogP contribution is -2.40. The minimum Gasteiger partial charge on any atom is -0.422 e. The molecule has 1 rings (SSSR count). The minimum atomic E-state index is -1.11. The van der Waals surface area contributed by atoms with Gasteiger partial charge in [0.25, 0.3) is 5.79 Å². The molecule has 0 aromatic rings. The van der Waals surface area contributed by atoms with Gasteiger partial charge in [0, 0.05) is 13.8 Å². The summed E-state index contributed by atoms with van der Waals surface area (Å²) in [5.74, 6) is -2.41. The van der Waals surface area contributed by atoms with E-state index in [0.29, 0.717) is 0 Å². The van der Waals surface area contributed by atoms with Crippen molar-refractivity contribution in [1.82, 2.24) is 0 Å². The van der Waals surface area contributed by atoms with Gasteiger partial charge in [0.15, 0.2) is 6.42 Å². The van der Waals surface area contributed by atoms with E-state index in [9.17, 15) is 9.59 Å². The Bertz CT molecular complexity index is 164. The Morgan fingerprint density at radius 3 is 1.90 bits per heavy atom. The maximum absolute atomic E-state index is 10.5. The second kappa shape index (κ2) is 1.97. The molecule has 0 aromatic heterocycles. The summed E-state index contributed by atoms with van der Waals surface area (Å²) in [6, 6.07) is 0. The van der Waals surface area contributed by atoms with Gasteiger partial charge < -0.3 is 9.47 Å². The van der Waals surface area contributed by atoms with Crippen molar-refractivity contribution in [1.29, 1.82) is 0 Å². The first kappa shape index (κ1) is 7.05. The molecule has 0 aliphatic carbocycles. The second-order valence-electron chi connectivity index (χ2n) is 2.39. The normalized spacial score (nSPS) is 23.4. The molecule has 0 atom stereocenters. The fourth-order valence-corrected chi connectivity index (χ4v) is 0.660. The van der Waals surface area contributed by atoms with Gasteiger partial charge in [-0.3, -0.25) is 9.59 Å². The van der Waals surface area contributed by atoms with Crippen LogP contribution >= 0.6 is 0 Å². The van der Waals surface area contributed by atoms with Crippen LogP contribution in [0.1, 0.15) is 13.8 Å². The third-order valence-corrected chi connectivity index (χ3v) is 0.928. The molecule has 1 heterocycles. The Morgan fingerprint density at radius 1 is 1.20 bits per heavy atom. The van der Waals surface area contributed by atoms with Crippen LogP contribution in [0.5, 0.6) is 0 Å². The van der Waals surface area contributed by atoms with E-state index in [-0.39, 0.29) is 0 Å². The van der Waals surface area contributed by atoms with Crippen LogP contribution in [-0.2, 0) is 19.1 Å². The third-order valence-electron chi connectivity index (χ3n) is 0.928. The van der Waals surface area contributed by atoms with E-state index in [1.165, 1.54) is 13.8 Å². The molecule has 55 valence electrons. The standard InChI is InChI=1S/C6H7O4/c1-6(2)9-4(7)3-5(8)10-6/h3H,1-2H3. The van der Waals surface area contributed by atoms with Crippen molar-refractivity contribution in [2.75, 3.05) is 0 Å². The zero-order chi connectivity index (χ0) is 7.78. The van der Waals surface area contributed by atoms with Gasteiger partial charge in [0.1, 0.15) is 0 Å². The molecule has 10 heavy (non-hydrogen) atoms. The lowest BCUT2D eigenvalue weighted by atomic mass is 10.3. The first-order chi connectivity index (χ1) is 4.49. The summed E-state index contributed by atoms with van der Waals surface area (Å²) in [4.78, 5) is 21.0. The monoisotopic (exact) mass is 143 g/mol. The van der Waals surface area contributed by atoms with E-state index < -0.39 is 17.7 Å². The first-order valence-corrected chi connectivity index (χ1v) is 2.80. The molecule has 0 amide bonds. The molecule has 0 spiro atoms. The summed E-state index contributed by atoms with van der Waals surface area (Å²) in [6.07, 6.45) is 0.769. The summed E-state index contributed by atoms with van der Waals surface area (Å²) in [6.45, 7) is 2.99. The largest absolute Gasteiger partial charge is 0.422 e. The zero-order valence-electron chi connectivity index (χ0n) is 5.71. The highest BCUT2D eigenvalue weighted by Gasteiger charge is 2.34. The Labute approximate surface area is 58.1 Å². The first-order valence-electron chi connectivity index (χ1n) is 2.80. The summed E-state index contributed by atoms with van der Waals surface area (Å²) < 4.78 is 9.21. The van der Waals surface area contributed by atoms with Gasteiger partial charge in [-0.2, -0.15) is 0 Å². The molecule has 0 bridgehead atoms. The molecule has 1 saturated heterocycles. The molecular formula is C6H7O4. The van der Waals surface area contributed by atoms with Gasteiger partial charge in [0.05, 0.1) is 0 Å². The van der Waals surface area contributed by atoms with Crippen molar-refractivity contribution in [2.24, 2.45) is 0 Å². The number of carbonyl (C=O) groups is 2. The molecule has 4 heteroatoms. The predicted octanol–water partition coefficient (Wildman–Crippen LogP) is 0.0268. The molecular weight excluding hydrogens is 136 g/mol. The number of hydrogen-bond acceptors (Lipinski definition) is 4. The van der Waals surface area contributed by atoms with Crippen LogP contribution in [0, 0.1) is 6.42 Å². The van der Waals surface area contributed by atoms with E-state index in [1.807, 2.05) is 0 Å². The fourth-order valence-electron chi connectivity index (χ4n) is 0.660. The summed E-state index contributed by atoms with van der Waals surface area (Å²) in [5, 5.41) is 0. The minimum absolute atomic E-state index is 0.652. The highest BCUT2D eigenvalue weighted by Crippen LogP contribution is 2.17. The Hall–Kier alpha value is -1.06. The maximum atomic E-state index is 10.5. The molecule has 0 N–H and O–H groups in total. The highest BCUT2D eigenvalue weighted by molar-refractivity contribution is 6.04. The maximum Gasteiger partial charge on any atom is 0.325 e. The molecule has 0 aromatic carbocycles. The number of esters is 2. The van der Waals surface area contributed by atoms with E-state index in [4.69, 9.17) is 0 Å². The Morgan fingerprint density at radius 2 is 1.60 bits per heavy atom. The van der Waals surface area contributed by atoms with E-state index in [1.54, 1.807) is 0 Å². The summed E-state index contributed by atoms with van der Waals surface area (Å²) >= 11 is 0. The average molecular weight is 143 g/mol. The second-order valence-corrected chi connectivity index (χ2v) is 2.39. The van der Waals surface area contributed by atoms with Crippen molar-refractivity contribution in [2.45, 2.75) is 19.6 Å². The van der Waals surface area contributed by atoms with E-state index in [2.05, 4.69) is 9.47 Å². The Kier molecular flexibility index (Phi) is 1.39. The van der Waals surface area contributed by atoms with Crippen molar-refractivity contribution in [3.63, 3.8) is 0 Å². The molecule has 1 fully saturated rings. The molecule has 0 saturated carbocycles. The van der Waals surface area contributed by atoms with Gasteiger partial charge in [0.2, 0.25) is 0 Å². The smallest absolute Gasteiger partial charge is 0.325 e. The Balaban J connectivity index is 2.68. The SMILES string of the molecule is CC1(C)OC(=O)[CH]C(=O)O1. The van der Waals surface area contributed by atoms with Crippen LogP contribution in [0.3, 0.4) is 0 Å². The fraction of sp³-hybridized carbons (Fsp3) is 0.500. The molecule has 1 aliphatic rings. The predicted molar refractivity (Wildman–Crippen MR) is 30.6 cm³/mol. The van der Waals surface area contributed by atoms with Gasteiger partial charge in [-0.05, 0) is 0 Å². The van der Waals surface area contributed by atoms with Crippen LogP contribution in [-0.4, -0.2) is 17.7 Å². The number of hydrogen-bond donors (Lipinski definition) is 0. The van der Waals surface area contributed by atoms with E-state index >= 15 is 0 Å². The quantitative estimate of drug-likeness (QED) is 0.449. The number of ether oxygens (including phenoxy) is 2. The van der Waals surface area contributed by atoms with Gasteiger partial charge >= 0.3 is 11.9 Å². The molecule has 0 unspecified atom stereocenters. The zero-order valence-corrected chi connectivity index (χ0v) is 5.71. The lowest BCUT2D eigenvalue weighted by molar-refractivity contribution is -0.223. The van der Waals surface area contributed by atoms with Crippen molar-refractivity contribution in [3.8, 4) is 0 Å². The molecule has 1 radical (unpaired) electrons. The number of rotatable bonds is 0. The third kappa shape index (κ3) is 1.46. The van der Waals surface area contributed by atoms with Crippen molar-refractivity contribution in [3.05, 3.63) is 6.42 Å². The molecule has 4 nitrogen and oxygen atoms in total. The summed E-state index contributed by atoms with van der Waals surface area (Å²) in [5.41, 5.74) is 0. The highest BCUT2D eigenvalue weighted by atomic mass is 16.7. The van der Waals surface area contributed by atoms with Gasteiger partial charge in [-0.1, -0.05) is 0 Å². The van der Waals surface area contributed by atoms with Crippen LogP contribution in [0.2, 0.25) is 0 Å². The molecule has 1 aliphatic heterocycles. The van der Waals surface area contributed by atoms with Crippen LogP contribution in [0.4, 0.5) is 0 Å². The van der Waals surface area contributed by atoms with Crippen LogP contribution in [0.25, 0.3) is 0 Å². The van der Waals surface area contributed by atoms with E-state index in [0.717, 1.165) is 6.42 Å². The number of cyclic esters (lactones) is 2. The van der Waals surface area contributed by atoms with Crippen LogP contribution in [0.15, 0.2) is 0 Å². The average Bonchev–Trinajstić information content (AvgIpc) is 1.54.